The second-order valence-corrected chi connectivity index (χ2v) is 7.02. The molecule has 1 aromatic heterocycles. The molecule has 0 aliphatic heterocycles. The van der Waals surface area contributed by atoms with E-state index in [9.17, 15) is 19.2 Å². The van der Waals surface area contributed by atoms with Gasteiger partial charge in [0.15, 0.2) is 5.78 Å². The number of ketones is 2. The van der Waals surface area contributed by atoms with Crippen LogP contribution < -0.4 is 11.2 Å². The van der Waals surface area contributed by atoms with Crippen LogP contribution in [0.1, 0.15) is 50.0 Å². The summed E-state index contributed by atoms with van der Waals surface area (Å²) in [6, 6.07) is 13.8. The third-order valence-electron chi connectivity index (χ3n) is 4.74. The van der Waals surface area contributed by atoms with Crippen LogP contribution in [0.2, 0.25) is 0 Å². The van der Waals surface area contributed by atoms with E-state index in [4.69, 9.17) is 0 Å². The van der Waals surface area contributed by atoms with Crippen molar-refractivity contribution < 1.29 is 9.59 Å². The molecular weight excluding hydrogens is 368 g/mol. The maximum Gasteiger partial charge on any atom is 0.329 e. The quantitative estimate of drug-likeness (QED) is 0.656. The number of hydrogen-bond donors (Lipinski definition) is 1. The number of aromatic nitrogens is 2. The van der Waals surface area contributed by atoms with Gasteiger partial charge in [-0.15, -0.1) is 0 Å². The highest BCUT2D eigenvalue weighted by atomic mass is 16.2. The fraction of sp³-hybridized carbons (Fsp3) is 0.217. The third-order valence-corrected chi connectivity index (χ3v) is 4.74. The highest BCUT2D eigenvalue weighted by Crippen LogP contribution is 2.14. The van der Waals surface area contributed by atoms with Crippen molar-refractivity contribution in [3.05, 3.63) is 103 Å². The van der Waals surface area contributed by atoms with Crippen LogP contribution in [0.4, 0.5) is 0 Å². The van der Waals surface area contributed by atoms with E-state index in [1.54, 1.807) is 49.4 Å². The molecule has 0 amide bonds. The number of hydrogen-bond acceptors (Lipinski definition) is 4. The molecule has 1 heterocycles. The van der Waals surface area contributed by atoms with Gasteiger partial charge in [0.1, 0.15) is 0 Å². The first-order chi connectivity index (χ1) is 13.8. The topological polar surface area (TPSA) is 89.0 Å². The number of Topliss-reactive ketones (excluding diaryl/α,β-unsaturated/α-hetero) is 1. The van der Waals surface area contributed by atoms with Crippen molar-refractivity contribution in [3.8, 4) is 0 Å². The highest BCUT2D eigenvalue weighted by molar-refractivity contribution is 6.08. The Morgan fingerprint density at radius 2 is 1.55 bits per heavy atom. The fourth-order valence-electron chi connectivity index (χ4n) is 3.39. The molecule has 0 aliphatic carbocycles. The van der Waals surface area contributed by atoms with Crippen LogP contribution in [0.3, 0.4) is 0 Å². The van der Waals surface area contributed by atoms with Crippen LogP contribution in [0.15, 0.2) is 58.1 Å². The van der Waals surface area contributed by atoms with Gasteiger partial charge in [0.2, 0.25) is 5.78 Å². The lowest BCUT2D eigenvalue weighted by atomic mass is 9.99. The number of aryl methyl sites for hydroxylation is 2. The molecule has 29 heavy (non-hydrogen) atoms. The molecule has 0 spiro atoms. The number of carbonyl (C=O) groups excluding carboxylic acids is 2. The SMILES string of the molecule is CCc1c(C(=O)c2cc(C)cc(C)c2)[nH]c(=O)n(CC(=O)c2ccccc2)c1=O. The van der Waals surface area contributed by atoms with Crippen LogP contribution in [0.25, 0.3) is 0 Å². The van der Waals surface area contributed by atoms with Crippen LogP contribution in [-0.4, -0.2) is 21.1 Å². The number of nitrogens with one attached hydrogen (secondary N) is 1. The fourth-order valence-corrected chi connectivity index (χ4v) is 3.39. The Hall–Kier alpha value is -3.54. The van der Waals surface area contributed by atoms with Crippen molar-refractivity contribution in [2.45, 2.75) is 33.7 Å². The third kappa shape index (κ3) is 4.16. The second-order valence-electron chi connectivity index (χ2n) is 7.02. The summed E-state index contributed by atoms with van der Waals surface area (Å²) in [7, 11) is 0. The van der Waals surface area contributed by atoms with E-state index in [0.29, 0.717) is 11.1 Å². The summed E-state index contributed by atoms with van der Waals surface area (Å²) in [5, 5.41) is 0. The van der Waals surface area contributed by atoms with Crippen molar-refractivity contribution in [2.75, 3.05) is 0 Å². The van der Waals surface area contributed by atoms with Crippen molar-refractivity contribution in [1.82, 2.24) is 9.55 Å². The zero-order chi connectivity index (χ0) is 21.1. The molecule has 6 heteroatoms. The molecule has 0 unspecified atom stereocenters. The summed E-state index contributed by atoms with van der Waals surface area (Å²) in [5.74, 6) is -0.766. The Morgan fingerprint density at radius 3 is 2.14 bits per heavy atom. The van der Waals surface area contributed by atoms with E-state index < -0.39 is 17.0 Å². The predicted octanol–water partition coefficient (Wildman–Crippen LogP) is 2.83. The minimum atomic E-state index is -0.774. The Labute approximate surface area is 167 Å². The van der Waals surface area contributed by atoms with E-state index in [0.717, 1.165) is 15.7 Å². The van der Waals surface area contributed by atoms with E-state index in [1.807, 2.05) is 19.9 Å². The highest BCUT2D eigenvalue weighted by Gasteiger charge is 2.21. The van der Waals surface area contributed by atoms with Crippen LogP contribution in [0, 0.1) is 13.8 Å². The molecule has 0 fully saturated rings. The normalized spacial score (nSPS) is 10.7. The van der Waals surface area contributed by atoms with E-state index in [2.05, 4.69) is 4.98 Å². The second kappa shape index (κ2) is 8.22. The molecule has 0 saturated heterocycles. The van der Waals surface area contributed by atoms with Crippen molar-refractivity contribution >= 4 is 11.6 Å². The maximum absolute atomic E-state index is 13.0. The number of carbonyl (C=O) groups is 2. The molecular formula is C23H22N2O4. The van der Waals surface area contributed by atoms with Gasteiger partial charge in [-0.3, -0.25) is 19.0 Å². The van der Waals surface area contributed by atoms with Gasteiger partial charge in [-0.1, -0.05) is 54.4 Å². The lowest BCUT2D eigenvalue weighted by molar-refractivity contribution is 0.0969. The molecule has 2 aromatic carbocycles. The van der Waals surface area contributed by atoms with Gasteiger partial charge in [-0.25, -0.2) is 4.79 Å². The molecule has 0 radical (unpaired) electrons. The molecule has 0 atom stereocenters. The summed E-state index contributed by atoms with van der Waals surface area (Å²) in [6.45, 7) is 5.10. The Balaban J connectivity index is 2.06. The summed E-state index contributed by atoms with van der Waals surface area (Å²) in [5.41, 5.74) is 1.42. The first kappa shape index (κ1) is 20.2. The summed E-state index contributed by atoms with van der Waals surface area (Å²) >= 11 is 0. The van der Waals surface area contributed by atoms with Crippen molar-refractivity contribution in [3.63, 3.8) is 0 Å². The van der Waals surface area contributed by atoms with Crippen LogP contribution in [-0.2, 0) is 13.0 Å². The van der Waals surface area contributed by atoms with E-state index in [-0.39, 0.29) is 30.0 Å². The standard InChI is InChI=1S/C23H22N2O4/c1-4-18-20(21(27)17-11-14(2)10-15(3)12-17)24-23(29)25(22(18)28)13-19(26)16-8-6-5-7-9-16/h5-12H,4,13H2,1-3H3,(H,24,29). The predicted molar refractivity (Wildman–Crippen MR) is 111 cm³/mol. The van der Waals surface area contributed by atoms with Crippen molar-refractivity contribution in [1.29, 1.82) is 0 Å². The Kier molecular flexibility index (Phi) is 5.73. The number of benzene rings is 2. The molecule has 0 bridgehead atoms. The minimum absolute atomic E-state index is 0.0177. The van der Waals surface area contributed by atoms with Crippen molar-refractivity contribution in [2.24, 2.45) is 0 Å². The van der Waals surface area contributed by atoms with Crippen LogP contribution in [0.5, 0.6) is 0 Å². The molecule has 0 saturated carbocycles. The minimum Gasteiger partial charge on any atom is -0.303 e. The van der Waals surface area contributed by atoms with Gasteiger partial charge >= 0.3 is 5.69 Å². The number of rotatable bonds is 6. The number of aromatic amines is 1. The molecule has 3 rings (SSSR count). The lowest BCUT2D eigenvalue weighted by Crippen LogP contribution is -2.41. The van der Waals surface area contributed by atoms with Gasteiger partial charge in [-0.05, 0) is 32.4 Å². The van der Waals surface area contributed by atoms with E-state index >= 15 is 0 Å². The Morgan fingerprint density at radius 1 is 0.931 bits per heavy atom. The first-order valence-corrected chi connectivity index (χ1v) is 9.39. The van der Waals surface area contributed by atoms with Gasteiger partial charge in [0, 0.05) is 16.7 Å². The van der Waals surface area contributed by atoms with Gasteiger partial charge in [0.25, 0.3) is 5.56 Å². The van der Waals surface area contributed by atoms with Gasteiger partial charge in [0.05, 0.1) is 12.2 Å². The number of nitrogens with zero attached hydrogens (tertiary/aromatic N) is 1. The van der Waals surface area contributed by atoms with Gasteiger partial charge in [-0.2, -0.15) is 0 Å². The monoisotopic (exact) mass is 390 g/mol. The summed E-state index contributed by atoms with van der Waals surface area (Å²) in [4.78, 5) is 53.5. The van der Waals surface area contributed by atoms with Crippen LogP contribution >= 0.6 is 0 Å². The smallest absolute Gasteiger partial charge is 0.303 e. The zero-order valence-electron chi connectivity index (χ0n) is 16.6. The molecule has 1 N–H and O–H groups in total. The molecule has 6 nitrogen and oxygen atoms in total. The summed E-state index contributed by atoms with van der Waals surface area (Å²) in [6.07, 6.45) is 0.251. The molecule has 3 aromatic rings. The molecule has 0 aliphatic rings. The maximum atomic E-state index is 13.0. The zero-order valence-corrected chi connectivity index (χ0v) is 16.6. The number of H-pyrrole nitrogens is 1. The van der Waals surface area contributed by atoms with E-state index in [1.165, 1.54) is 0 Å². The first-order valence-electron chi connectivity index (χ1n) is 9.39. The van der Waals surface area contributed by atoms with Gasteiger partial charge < -0.3 is 4.98 Å². The Bertz CT molecular complexity index is 1180. The lowest BCUT2D eigenvalue weighted by Gasteiger charge is -2.11. The average Bonchev–Trinajstić information content (AvgIpc) is 2.70. The summed E-state index contributed by atoms with van der Waals surface area (Å²) < 4.78 is 0.854. The largest absolute Gasteiger partial charge is 0.329 e. The molecule has 148 valence electrons. The average molecular weight is 390 g/mol.